The molecule has 0 spiro atoms. The molecule has 0 aliphatic carbocycles. The molecule has 6 nitrogen and oxygen atoms in total. The van der Waals surface area contributed by atoms with Crippen molar-refractivity contribution in [3.8, 4) is 11.5 Å². The van der Waals surface area contributed by atoms with E-state index < -0.39 is 0 Å². The van der Waals surface area contributed by atoms with Crippen molar-refractivity contribution in [3.05, 3.63) is 41.7 Å². The van der Waals surface area contributed by atoms with Gasteiger partial charge in [0.1, 0.15) is 6.10 Å². The van der Waals surface area contributed by atoms with Gasteiger partial charge in [-0.25, -0.2) is 0 Å². The minimum atomic E-state index is 0.121. The molecular weight excluding hydrogens is 294 g/mol. The van der Waals surface area contributed by atoms with Crippen LogP contribution in [0.3, 0.4) is 0 Å². The third-order valence-corrected chi connectivity index (χ3v) is 4.56. The monoisotopic (exact) mass is 315 g/mol. The highest BCUT2D eigenvalue weighted by atomic mass is 16.7. The van der Waals surface area contributed by atoms with E-state index in [1.54, 1.807) is 0 Å². The molecule has 1 N–H and O–H groups in total. The van der Waals surface area contributed by atoms with Crippen LogP contribution in [-0.4, -0.2) is 29.7 Å². The minimum absolute atomic E-state index is 0.121. The first-order valence-corrected chi connectivity index (χ1v) is 8.00. The fourth-order valence-corrected chi connectivity index (χ4v) is 3.36. The number of benzene rings is 1. The molecule has 6 heteroatoms. The second-order valence-corrected chi connectivity index (χ2v) is 6.00. The molecule has 23 heavy (non-hydrogen) atoms. The van der Waals surface area contributed by atoms with Gasteiger partial charge in [0.05, 0.1) is 5.69 Å². The number of aryl methyl sites for hydroxylation is 1. The molecule has 3 heterocycles. The number of para-hydroxylation sites is 1. The van der Waals surface area contributed by atoms with E-state index in [-0.39, 0.29) is 6.10 Å². The van der Waals surface area contributed by atoms with Crippen LogP contribution < -0.4 is 14.8 Å². The number of ether oxygens (including phenoxy) is 3. The lowest BCUT2D eigenvalue weighted by Gasteiger charge is -2.19. The molecule has 1 fully saturated rings. The number of fused-ring (bicyclic) bond motifs is 1. The van der Waals surface area contributed by atoms with Crippen molar-refractivity contribution < 1.29 is 14.2 Å². The molecule has 2 aromatic rings. The maximum Gasteiger partial charge on any atom is 0.231 e. The topological polar surface area (TPSA) is 57.5 Å². The van der Waals surface area contributed by atoms with Gasteiger partial charge < -0.3 is 19.5 Å². The minimum Gasteiger partial charge on any atom is -0.454 e. The lowest BCUT2D eigenvalue weighted by atomic mass is 9.99. The van der Waals surface area contributed by atoms with Crippen LogP contribution in [-0.2, 0) is 18.3 Å². The Bertz CT molecular complexity index is 685. The summed E-state index contributed by atoms with van der Waals surface area (Å²) < 4.78 is 18.8. The molecule has 2 aliphatic heterocycles. The summed E-state index contributed by atoms with van der Waals surface area (Å²) in [6, 6.07) is 8.05. The third-order valence-electron chi connectivity index (χ3n) is 4.56. The fourth-order valence-electron chi connectivity index (χ4n) is 3.36. The zero-order chi connectivity index (χ0) is 15.6. The van der Waals surface area contributed by atoms with Gasteiger partial charge in [0.15, 0.2) is 11.5 Å². The molecule has 0 amide bonds. The second kappa shape index (κ2) is 6.22. The van der Waals surface area contributed by atoms with Crippen molar-refractivity contribution in [2.75, 3.05) is 19.9 Å². The summed E-state index contributed by atoms with van der Waals surface area (Å²) in [5.41, 5.74) is 2.28. The summed E-state index contributed by atoms with van der Waals surface area (Å²) in [4.78, 5) is 0. The summed E-state index contributed by atoms with van der Waals surface area (Å²) in [6.45, 7) is 2.78. The average Bonchev–Trinajstić information content (AvgIpc) is 3.27. The molecule has 4 rings (SSSR count). The van der Waals surface area contributed by atoms with E-state index in [1.165, 1.54) is 0 Å². The summed E-state index contributed by atoms with van der Waals surface area (Å²) in [6.07, 6.45) is 3.01. The van der Waals surface area contributed by atoms with Gasteiger partial charge in [0, 0.05) is 44.4 Å². The molecule has 0 radical (unpaired) electrons. The highest BCUT2D eigenvalue weighted by molar-refractivity contribution is 5.48. The van der Waals surface area contributed by atoms with Gasteiger partial charge in [-0.3, -0.25) is 4.68 Å². The van der Waals surface area contributed by atoms with E-state index in [0.717, 1.165) is 48.9 Å². The van der Waals surface area contributed by atoms with Crippen LogP contribution >= 0.6 is 0 Å². The third kappa shape index (κ3) is 2.80. The fraction of sp³-hybridized carbons (Fsp3) is 0.471. The highest BCUT2D eigenvalue weighted by Crippen LogP contribution is 2.36. The average molecular weight is 315 g/mol. The van der Waals surface area contributed by atoms with E-state index >= 15 is 0 Å². The normalized spacial score (nSPS) is 22.7. The number of hydrogen-bond acceptors (Lipinski definition) is 5. The SMILES string of the molecule is Cn1nccc1[C@@H]1OCC[C@H]1CNCc1cccc2c1OCO2. The number of aromatic nitrogens is 2. The maximum atomic E-state index is 5.92. The number of nitrogens with one attached hydrogen (secondary N) is 1. The Labute approximate surface area is 135 Å². The molecule has 1 saturated heterocycles. The van der Waals surface area contributed by atoms with Gasteiger partial charge in [-0.1, -0.05) is 12.1 Å². The van der Waals surface area contributed by atoms with Crippen LogP contribution in [0, 0.1) is 5.92 Å². The zero-order valence-electron chi connectivity index (χ0n) is 13.2. The largest absolute Gasteiger partial charge is 0.454 e. The Hall–Kier alpha value is -2.05. The van der Waals surface area contributed by atoms with Crippen LogP contribution in [0.2, 0.25) is 0 Å². The Morgan fingerprint density at radius 2 is 2.26 bits per heavy atom. The van der Waals surface area contributed by atoms with E-state index in [1.807, 2.05) is 36.1 Å². The van der Waals surface area contributed by atoms with Crippen LogP contribution in [0.25, 0.3) is 0 Å². The first-order chi connectivity index (χ1) is 11.3. The molecule has 2 atom stereocenters. The molecule has 1 aromatic heterocycles. The molecule has 2 aliphatic rings. The van der Waals surface area contributed by atoms with E-state index in [2.05, 4.69) is 16.5 Å². The zero-order valence-corrected chi connectivity index (χ0v) is 13.2. The predicted octanol–water partition coefficient (Wildman–Crippen LogP) is 2.02. The van der Waals surface area contributed by atoms with Crippen molar-refractivity contribution in [2.45, 2.75) is 19.1 Å². The molecule has 122 valence electrons. The highest BCUT2D eigenvalue weighted by Gasteiger charge is 2.31. The van der Waals surface area contributed by atoms with Crippen molar-refractivity contribution in [1.82, 2.24) is 15.1 Å². The number of hydrogen-bond donors (Lipinski definition) is 1. The first kappa shape index (κ1) is 14.5. The quantitative estimate of drug-likeness (QED) is 0.915. The van der Waals surface area contributed by atoms with Gasteiger partial charge in [0.2, 0.25) is 6.79 Å². The van der Waals surface area contributed by atoms with Gasteiger partial charge in [-0.05, 0) is 18.6 Å². The summed E-state index contributed by atoms with van der Waals surface area (Å²) >= 11 is 0. The van der Waals surface area contributed by atoms with E-state index in [9.17, 15) is 0 Å². The Morgan fingerprint density at radius 3 is 3.13 bits per heavy atom. The van der Waals surface area contributed by atoms with Gasteiger partial charge in [0.25, 0.3) is 0 Å². The maximum absolute atomic E-state index is 5.92. The van der Waals surface area contributed by atoms with Crippen molar-refractivity contribution in [3.63, 3.8) is 0 Å². The van der Waals surface area contributed by atoms with Gasteiger partial charge in [-0.2, -0.15) is 5.10 Å². The van der Waals surface area contributed by atoms with Crippen LogP contribution in [0.4, 0.5) is 0 Å². The molecule has 0 unspecified atom stereocenters. The Kier molecular flexibility index (Phi) is 3.93. The standard InChI is InChI=1S/C17H21N3O3/c1-20-14(5-7-19-20)16-13(6-8-21-16)10-18-9-12-3-2-4-15-17(12)23-11-22-15/h2-5,7,13,16,18H,6,8-11H2,1H3/t13-,16+/m0/s1. The van der Waals surface area contributed by atoms with Crippen LogP contribution in [0.15, 0.2) is 30.5 Å². The first-order valence-electron chi connectivity index (χ1n) is 8.00. The number of rotatable bonds is 5. The van der Waals surface area contributed by atoms with Gasteiger partial charge in [-0.15, -0.1) is 0 Å². The molecule has 0 bridgehead atoms. The van der Waals surface area contributed by atoms with Crippen LogP contribution in [0.1, 0.15) is 23.8 Å². The summed E-state index contributed by atoms with van der Waals surface area (Å²) in [5.74, 6) is 2.16. The van der Waals surface area contributed by atoms with E-state index in [0.29, 0.717) is 12.7 Å². The summed E-state index contributed by atoms with van der Waals surface area (Å²) in [7, 11) is 1.96. The lowest BCUT2D eigenvalue weighted by Crippen LogP contribution is -2.25. The smallest absolute Gasteiger partial charge is 0.231 e. The summed E-state index contributed by atoms with van der Waals surface area (Å²) in [5, 5.41) is 7.79. The molecule has 1 aromatic carbocycles. The lowest BCUT2D eigenvalue weighted by molar-refractivity contribution is 0.0838. The Balaban J connectivity index is 1.38. The van der Waals surface area contributed by atoms with Gasteiger partial charge >= 0.3 is 0 Å². The molecular formula is C17H21N3O3. The number of nitrogens with zero attached hydrogens (tertiary/aromatic N) is 2. The van der Waals surface area contributed by atoms with E-state index in [4.69, 9.17) is 14.2 Å². The molecule has 0 saturated carbocycles. The Morgan fingerprint density at radius 1 is 1.30 bits per heavy atom. The van der Waals surface area contributed by atoms with Crippen molar-refractivity contribution in [1.29, 1.82) is 0 Å². The van der Waals surface area contributed by atoms with Crippen LogP contribution in [0.5, 0.6) is 11.5 Å². The predicted molar refractivity (Wildman–Crippen MR) is 84.3 cm³/mol. The van der Waals surface area contributed by atoms with Crippen molar-refractivity contribution >= 4 is 0 Å². The van der Waals surface area contributed by atoms with Crippen molar-refractivity contribution in [2.24, 2.45) is 13.0 Å². The second-order valence-electron chi connectivity index (χ2n) is 6.00.